The van der Waals surface area contributed by atoms with E-state index >= 15 is 0 Å². The predicted octanol–water partition coefficient (Wildman–Crippen LogP) is 5.12. The number of nitrogens with zero attached hydrogens (tertiary/aromatic N) is 3. The first-order valence-electron chi connectivity index (χ1n) is 11.7. The number of aryl methyl sites for hydroxylation is 1. The van der Waals surface area contributed by atoms with Crippen LogP contribution in [0.3, 0.4) is 0 Å². The van der Waals surface area contributed by atoms with Gasteiger partial charge in [-0.2, -0.15) is 0 Å². The molecule has 4 rings (SSSR count). The molecule has 172 valence electrons. The second-order valence-corrected chi connectivity index (χ2v) is 8.83. The second-order valence-electron chi connectivity index (χ2n) is 8.83. The van der Waals surface area contributed by atoms with Crippen LogP contribution >= 0.6 is 0 Å². The smallest absolute Gasteiger partial charge is 0.225 e. The molecule has 0 unspecified atom stereocenters. The van der Waals surface area contributed by atoms with Gasteiger partial charge < -0.3 is 15.0 Å². The third kappa shape index (κ3) is 5.37. The fourth-order valence-corrected chi connectivity index (χ4v) is 4.42. The molecule has 1 aromatic carbocycles. The summed E-state index contributed by atoms with van der Waals surface area (Å²) < 4.78 is 34.6. The van der Waals surface area contributed by atoms with Gasteiger partial charge >= 0.3 is 0 Å². The molecule has 0 bridgehead atoms. The van der Waals surface area contributed by atoms with Gasteiger partial charge in [-0.15, -0.1) is 0 Å². The van der Waals surface area contributed by atoms with Gasteiger partial charge in [0.05, 0.1) is 12.2 Å². The van der Waals surface area contributed by atoms with E-state index in [1.807, 2.05) is 25.4 Å². The van der Waals surface area contributed by atoms with Gasteiger partial charge in [0, 0.05) is 49.4 Å². The molecule has 1 aromatic heterocycles. The molecule has 0 spiro atoms. The largest absolute Gasteiger partial charge is 0.493 e. The lowest BCUT2D eigenvalue weighted by atomic mass is 9.92. The molecule has 1 saturated heterocycles. The Balaban J connectivity index is 1.20. The van der Waals surface area contributed by atoms with Crippen LogP contribution in [0, 0.1) is 17.6 Å². The molecule has 32 heavy (non-hydrogen) atoms. The topological polar surface area (TPSA) is 50.3 Å². The Kier molecular flexibility index (Phi) is 7.22. The number of benzene rings is 1. The molecular weight excluding hydrogens is 410 g/mol. The van der Waals surface area contributed by atoms with Crippen LogP contribution in [0.15, 0.2) is 30.6 Å². The van der Waals surface area contributed by atoms with Crippen molar-refractivity contribution in [3.05, 3.63) is 53.4 Å². The van der Waals surface area contributed by atoms with Crippen molar-refractivity contribution < 1.29 is 13.5 Å². The van der Waals surface area contributed by atoms with Gasteiger partial charge in [0.2, 0.25) is 5.95 Å². The maximum absolute atomic E-state index is 14.5. The fourth-order valence-electron chi connectivity index (χ4n) is 4.42. The highest BCUT2D eigenvalue weighted by Crippen LogP contribution is 2.29. The first kappa shape index (κ1) is 22.5. The summed E-state index contributed by atoms with van der Waals surface area (Å²) in [5.74, 6) is 0.513. The summed E-state index contributed by atoms with van der Waals surface area (Å²) in [6.45, 7) is 6.45. The summed E-state index contributed by atoms with van der Waals surface area (Å²) in [7, 11) is 0. The van der Waals surface area contributed by atoms with Crippen LogP contribution in [0.25, 0.3) is 5.70 Å². The van der Waals surface area contributed by atoms with Crippen LogP contribution in [-0.4, -0.2) is 35.7 Å². The van der Waals surface area contributed by atoms with Gasteiger partial charge in [-0.3, -0.25) is 0 Å². The van der Waals surface area contributed by atoms with Gasteiger partial charge in [-0.1, -0.05) is 13.0 Å². The lowest BCUT2D eigenvalue weighted by Crippen LogP contribution is -2.35. The quantitative estimate of drug-likeness (QED) is 0.576. The van der Waals surface area contributed by atoms with Crippen molar-refractivity contribution >= 4 is 11.6 Å². The van der Waals surface area contributed by atoms with E-state index in [9.17, 15) is 8.78 Å². The second kappa shape index (κ2) is 10.3. The van der Waals surface area contributed by atoms with Crippen LogP contribution in [0.1, 0.15) is 57.1 Å². The molecular formula is C25H32F2N4O. The molecule has 7 heteroatoms. The molecule has 0 saturated carbocycles. The number of aromatic nitrogens is 2. The van der Waals surface area contributed by atoms with E-state index in [1.165, 1.54) is 12.1 Å². The van der Waals surface area contributed by atoms with Gasteiger partial charge in [0.25, 0.3) is 0 Å². The van der Waals surface area contributed by atoms with Gasteiger partial charge in [0.15, 0.2) is 0 Å². The number of rotatable bonds is 8. The molecule has 2 aliphatic heterocycles. The molecule has 1 atom stereocenters. The minimum Gasteiger partial charge on any atom is -0.493 e. The number of anilines is 1. The SMILES string of the molecule is CCc1cnc(N2CCC(CCCOc3cc(F)c(C4=CC[C@@H](C)N4)c(F)c3)CC2)nc1. The average molecular weight is 443 g/mol. The highest BCUT2D eigenvalue weighted by Gasteiger charge is 2.22. The minimum atomic E-state index is -0.589. The third-order valence-corrected chi connectivity index (χ3v) is 6.39. The van der Waals surface area contributed by atoms with Crippen LogP contribution in [-0.2, 0) is 6.42 Å². The molecule has 0 radical (unpaired) electrons. The number of piperidine rings is 1. The average Bonchev–Trinajstić information content (AvgIpc) is 3.22. The van der Waals surface area contributed by atoms with Crippen LogP contribution < -0.4 is 15.0 Å². The first-order valence-corrected chi connectivity index (χ1v) is 11.7. The van der Waals surface area contributed by atoms with E-state index in [-0.39, 0.29) is 17.4 Å². The Morgan fingerprint density at radius 1 is 1.12 bits per heavy atom. The summed E-state index contributed by atoms with van der Waals surface area (Å²) in [5, 5.41) is 3.11. The van der Waals surface area contributed by atoms with Gasteiger partial charge in [0.1, 0.15) is 17.4 Å². The van der Waals surface area contributed by atoms with E-state index in [0.29, 0.717) is 18.2 Å². The molecule has 1 N–H and O–H groups in total. The zero-order valence-corrected chi connectivity index (χ0v) is 18.9. The zero-order valence-electron chi connectivity index (χ0n) is 18.9. The zero-order chi connectivity index (χ0) is 22.5. The van der Waals surface area contributed by atoms with Crippen molar-refractivity contribution in [2.45, 2.75) is 58.4 Å². The van der Waals surface area contributed by atoms with E-state index in [1.54, 1.807) is 0 Å². The van der Waals surface area contributed by atoms with Crippen molar-refractivity contribution in [2.24, 2.45) is 5.92 Å². The Morgan fingerprint density at radius 2 is 1.81 bits per heavy atom. The highest BCUT2D eigenvalue weighted by molar-refractivity contribution is 5.67. The maximum Gasteiger partial charge on any atom is 0.225 e. The van der Waals surface area contributed by atoms with E-state index in [0.717, 1.165) is 63.1 Å². The highest BCUT2D eigenvalue weighted by atomic mass is 19.1. The Morgan fingerprint density at radius 3 is 2.41 bits per heavy atom. The summed E-state index contributed by atoms with van der Waals surface area (Å²) in [4.78, 5) is 11.2. The standard InChI is InChI=1S/C25H32F2N4O/c1-3-18-15-28-25(29-16-18)31-10-8-19(9-11-31)5-4-12-32-20-13-21(26)24(22(27)14-20)23-7-6-17(2)30-23/h7,13-17,19,30H,3-6,8-12H2,1-2H3/t17-/m1/s1. The lowest BCUT2D eigenvalue weighted by Gasteiger charge is -2.32. The lowest BCUT2D eigenvalue weighted by molar-refractivity contribution is 0.277. The number of hydrogen-bond donors (Lipinski definition) is 1. The van der Waals surface area contributed by atoms with Crippen LogP contribution in [0.2, 0.25) is 0 Å². The Labute approximate surface area is 188 Å². The molecule has 2 aromatic rings. The van der Waals surface area contributed by atoms with E-state index in [2.05, 4.69) is 27.1 Å². The fraction of sp³-hybridized carbons (Fsp3) is 0.520. The van der Waals surface area contributed by atoms with Crippen molar-refractivity contribution in [2.75, 3.05) is 24.6 Å². The number of halogens is 2. The number of ether oxygens (including phenoxy) is 1. The summed E-state index contributed by atoms with van der Waals surface area (Å²) in [6, 6.07) is 2.76. The number of hydrogen-bond acceptors (Lipinski definition) is 5. The summed E-state index contributed by atoms with van der Waals surface area (Å²) >= 11 is 0. The molecule has 5 nitrogen and oxygen atoms in total. The molecule has 0 aliphatic carbocycles. The van der Waals surface area contributed by atoms with E-state index in [4.69, 9.17) is 4.74 Å². The van der Waals surface area contributed by atoms with Crippen LogP contribution in [0.5, 0.6) is 5.75 Å². The normalized spacial score (nSPS) is 19.1. The van der Waals surface area contributed by atoms with E-state index < -0.39 is 11.6 Å². The monoisotopic (exact) mass is 442 g/mol. The Hall–Kier alpha value is -2.70. The van der Waals surface area contributed by atoms with Crippen LogP contribution in [0.4, 0.5) is 14.7 Å². The molecule has 0 amide bonds. The van der Waals surface area contributed by atoms with Crippen molar-refractivity contribution in [1.82, 2.24) is 15.3 Å². The minimum absolute atomic E-state index is 0.00164. The third-order valence-electron chi connectivity index (χ3n) is 6.39. The van der Waals surface area contributed by atoms with Crippen molar-refractivity contribution in [1.29, 1.82) is 0 Å². The molecule has 3 heterocycles. The summed E-state index contributed by atoms with van der Waals surface area (Å²) in [5.41, 5.74) is 1.68. The number of nitrogens with one attached hydrogen (secondary N) is 1. The predicted molar refractivity (Wildman–Crippen MR) is 123 cm³/mol. The Bertz CT molecular complexity index is 916. The van der Waals surface area contributed by atoms with Crippen molar-refractivity contribution in [3.8, 4) is 5.75 Å². The van der Waals surface area contributed by atoms with Gasteiger partial charge in [-0.25, -0.2) is 18.7 Å². The summed E-state index contributed by atoms with van der Waals surface area (Å²) in [6.07, 6.45) is 11.5. The first-order chi connectivity index (χ1) is 15.5. The molecule has 1 fully saturated rings. The maximum atomic E-state index is 14.5. The van der Waals surface area contributed by atoms with Gasteiger partial charge in [-0.05, 0) is 56.9 Å². The molecule has 2 aliphatic rings. The van der Waals surface area contributed by atoms with Crippen molar-refractivity contribution in [3.63, 3.8) is 0 Å².